The Bertz CT molecular complexity index is 595. The number of thiazole rings is 1. The lowest BCUT2D eigenvalue weighted by Crippen LogP contribution is -2.12. The molecular formula is C15H17ClN2OS. The maximum absolute atomic E-state index is 11.9. The maximum Gasteiger partial charge on any atom is 0.224 e. The summed E-state index contributed by atoms with van der Waals surface area (Å²) in [5.41, 5.74) is 1.75. The highest BCUT2D eigenvalue weighted by molar-refractivity contribution is 7.09. The number of hydrogen-bond donors (Lipinski definition) is 1. The van der Waals surface area contributed by atoms with Gasteiger partial charge in [-0.2, -0.15) is 0 Å². The van der Waals surface area contributed by atoms with Crippen LogP contribution in [-0.4, -0.2) is 10.9 Å². The van der Waals surface area contributed by atoms with Crippen LogP contribution in [0.2, 0.25) is 5.02 Å². The van der Waals surface area contributed by atoms with Crippen molar-refractivity contribution in [1.82, 2.24) is 4.98 Å². The van der Waals surface area contributed by atoms with Gasteiger partial charge in [-0.1, -0.05) is 37.6 Å². The van der Waals surface area contributed by atoms with E-state index in [1.54, 1.807) is 23.5 Å². The molecule has 5 heteroatoms. The maximum atomic E-state index is 11.9. The molecule has 1 N–H and O–H groups in total. The fraction of sp³-hybridized carbons (Fsp3) is 0.333. The minimum Gasteiger partial charge on any atom is -0.325 e. The molecule has 106 valence electrons. The molecule has 2 aromatic rings. The smallest absolute Gasteiger partial charge is 0.224 e. The summed E-state index contributed by atoms with van der Waals surface area (Å²) in [4.78, 5) is 16.4. The van der Waals surface area contributed by atoms with E-state index in [0.29, 0.717) is 29.5 Å². The number of para-hydroxylation sites is 1. The molecule has 0 bridgehead atoms. The highest BCUT2D eigenvalue weighted by Crippen LogP contribution is 2.21. The normalized spacial score (nSPS) is 10.8. The van der Waals surface area contributed by atoms with Crippen LogP contribution in [0.5, 0.6) is 0 Å². The van der Waals surface area contributed by atoms with Gasteiger partial charge in [0, 0.05) is 18.2 Å². The van der Waals surface area contributed by atoms with Gasteiger partial charge in [-0.25, -0.2) is 4.98 Å². The lowest BCUT2D eigenvalue weighted by Gasteiger charge is -2.06. The highest BCUT2D eigenvalue weighted by Gasteiger charge is 2.09. The molecule has 0 spiro atoms. The summed E-state index contributed by atoms with van der Waals surface area (Å²) in [6, 6.07) is 7.23. The van der Waals surface area contributed by atoms with E-state index < -0.39 is 0 Å². The molecule has 0 aliphatic rings. The summed E-state index contributed by atoms with van der Waals surface area (Å²) >= 11 is 7.61. The SMILES string of the molecule is CC(C)c1csc(CCC(=O)Nc2ccccc2Cl)n1. The van der Waals surface area contributed by atoms with Gasteiger partial charge >= 0.3 is 0 Å². The number of aromatic nitrogens is 1. The molecule has 0 atom stereocenters. The predicted octanol–water partition coefficient (Wildman–Crippen LogP) is 4.49. The predicted molar refractivity (Wildman–Crippen MR) is 84.6 cm³/mol. The minimum atomic E-state index is -0.0422. The minimum absolute atomic E-state index is 0.0422. The molecule has 0 fully saturated rings. The second-order valence-electron chi connectivity index (χ2n) is 4.85. The first-order valence-electron chi connectivity index (χ1n) is 6.55. The first-order chi connectivity index (χ1) is 9.56. The number of nitrogens with one attached hydrogen (secondary N) is 1. The quantitative estimate of drug-likeness (QED) is 0.884. The number of halogens is 1. The number of carbonyl (C=O) groups excluding carboxylic acids is 1. The summed E-state index contributed by atoms with van der Waals surface area (Å²) in [7, 11) is 0. The Kier molecular flexibility index (Phi) is 5.15. The van der Waals surface area contributed by atoms with Crippen molar-refractivity contribution in [3.8, 4) is 0 Å². The van der Waals surface area contributed by atoms with E-state index in [9.17, 15) is 4.79 Å². The molecule has 0 saturated heterocycles. The Morgan fingerprint density at radius 2 is 2.15 bits per heavy atom. The summed E-state index contributed by atoms with van der Waals surface area (Å²) in [6.07, 6.45) is 1.07. The molecule has 0 radical (unpaired) electrons. The Morgan fingerprint density at radius 3 is 2.80 bits per heavy atom. The van der Waals surface area contributed by atoms with E-state index in [-0.39, 0.29) is 5.91 Å². The average molecular weight is 309 g/mol. The van der Waals surface area contributed by atoms with Gasteiger partial charge in [0.15, 0.2) is 0 Å². The second-order valence-corrected chi connectivity index (χ2v) is 6.20. The number of carbonyl (C=O) groups is 1. The molecule has 1 aromatic heterocycles. The van der Waals surface area contributed by atoms with E-state index in [0.717, 1.165) is 10.7 Å². The summed E-state index contributed by atoms with van der Waals surface area (Å²) in [5.74, 6) is 0.386. The molecule has 0 saturated carbocycles. The monoisotopic (exact) mass is 308 g/mol. The number of aryl methyl sites for hydroxylation is 1. The van der Waals surface area contributed by atoms with Crippen LogP contribution in [0.1, 0.15) is 36.9 Å². The second kappa shape index (κ2) is 6.86. The number of anilines is 1. The van der Waals surface area contributed by atoms with Crippen molar-refractivity contribution in [3.63, 3.8) is 0 Å². The largest absolute Gasteiger partial charge is 0.325 e. The van der Waals surface area contributed by atoms with Crippen molar-refractivity contribution in [2.45, 2.75) is 32.6 Å². The van der Waals surface area contributed by atoms with Gasteiger partial charge in [0.1, 0.15) is 0 Å². The molecule has 1 aromatic carbocycles. The lowest BCUT2D eigenvalue weighted by molar-refractivity contribution is -0.116. The lowest BCUT2D eigenvalue weighted by atomic mass is 10.2. The van der Waals surface area contributed by atoms with Crippen LogP contribution < -0.4 is 5.32 Å². The highest BCUT2D eigenvalue weighted by atomic mass is 35.5. The Labute approximate surface area is 128 Å². The number of amides is 1. The van der Waals surface area contributed by atoms with Crippen LogP contribution >= 0.6 is 22.9 Å². The zero-order chi connectivity index (χ0) is 14.5. The number of hydrogen-bond acceptors (Lipinski definition) is 3. The van der Waals surface area contributed by atoms with E-state index in [2.05, 4.69) is 29.5 Å². The fourth-order valence-electron chi connectivity index (χ4n) is 1.70. The average Bonchev–Trinajstić information content (AvgIpc) is 2.88. The van der Waals surface area contributed by atoms with E-state index >= 15 is 0 Å². The van der Waals surface area contributed by atoms with Crippen molar-refractivity contribution < 1.29 is 4.79 Å². The van der Waals surface area contributed by atoms with Crippen molar-refractivity contribution in [2.24, 2.45) is 0 Å². The Hall–Kier alpha value is -1.39. The standard InChI is InChI=1S/C15H17ClN2OS/c1-10(2)13-9-20-15(18-13)8-7-14(19)17-12-6-4-3-5-11(12)16/h3-6,9-10H,7-8H2,1-2H3,(H,17,19). The zero-order valence-corrected chi connectivity index (χ0v) is 13.1. The van der Waals surface area contributed by atoms with Crippen molar-refractivity contribution >= 4 is 34.5 Å². The molecule has 0 aliphatic carbocycles. The van der Waals surface area contributed by atoms with Crippen molar-refractivity contribution in [3.05, 3.63) is 45.4 Å². The van der Waals surface area contributed by atoms with Gasteiger partial charge in [-0.15, -0.1) is 11.3 Å². The van der Waals surface area contributed by atoms with Crippen LogP contribution in [0.4, 0.5) is 5.69 Å². The topological polar surface area (TPSA) is 42.0 Å². The van der Waals surface area contributed by atoms with Crippen LogP contribution in [-0.2, 0) is 11.2 Å². The van der Waals surface area contributed by atoms with Crippen molar-refractivity contribution in [1.29, 1.82) is 0 Å². The molecule has 0 unspecified atom stereocenters. The summed E-state index contributed by atoms with van der Waals surface area (Å²) in [6.45, 7) is 4.23. The molecule has 1 heterocycles. The van der Waals surface area contributed by atoms with Crippen LogP contribution in [0.3, 0.4) is 0 Å². The van der Waals surface area contributed by atoms with Gasteiger partial charge in [0.2, 0.25) is 5.91 Å². The third-order valence-electron chi connectivity index (χ3n) is 2.87. The van der Waals surface area contributed by atoms with E-state index in [4.69, 9.17) is 11.6 Å². The van der Waals surface area contributed by atoms with Crippen LogP contribution in [0.15, 0.2) is 29.6 Å². The van der Waals surface area contributed by atoms with Crippen LogP contribution in [0.25, 0.3) is 0 Å². The Morgan fingerprint density at radius 1 is 1.40 bits per heavy atom. The fourth-order valence-corrected chi connectivity index (χ4v) is 2.84. The molecule has 2 rings (SSSR count). The van der Waals surface area contributed by atoms with Gasteiger partial charge in [-0.3, -0.25) is 4.79 Å². The van der Waals surface area contributed by atoms with Crippen LogP contribution in [0, 0.1) is 0 Å². The summed E-state index contributed by atoms with van der Waals surface area (Å²) < 4.78 is 0. The molecule has 20 heavy (non-hydrogen) atoms. The molecule has 3 nitrogen and oxygen atoms in total. The Balaban J connectivity index is 1.87. The first-order valence-corrected chi connectivity index (χ1v) is 7.80. The molecular weight excluding hydrogens is 292 g/mol. The molecule has 1 amide bonds. The number of benzene rings is 1. The van der Waals surface area contributed by atoms with Gasteiger partial charge in [0.05, 0.1) is 21.4 Å². The van der Waals surface area contributed by atoms with Crippen molar-refractivity contribution in [2.75, 3.05) is 5.32 Å². The third-order valence-corrected chi connectivity index (χ3v) is 4.13. The first kappa shape index (κ1) is 15.0. The molecule has 0 aliphatic heterocycles. The number of nitrogens with zero attached hydrogens (tertiary/aromatic N) is 1. The van der Waals surface area contributed by atoms with E-state index in [1.165, 1.54) is 0 Å². The van der Waals surface area contributed by atoms with E-state index in [1.807, 2.05) is 12.1 Å². The van der Waals surface area contributed by atoms with Gasteiger partial charge in [-0.05, 0) is 18.1 Å². The van der Waals surface area contributed by atoms with Gasteiger partial charge in [0.25, 0.3) is 0 Å². The summed E-state index contributed by atoms with van der Waals surface area (Å²) in [5, 5.41) is 6.43. The zero-order valence-electron chi connectivity index (χ0n) is 11.5. The third kappa shape index (κ3) is 4.05. The van der Waals surface area contributed by atoms with Gasteiger partial charge < -0.3 is 5.32 Å². The number of rotatable bonds is 5.